The van der Waals surface area contributed by atoms with Gasteiger partial charge in [0.1, 0.15) is 5.82 Å². The minimum atomic E-state index is -4.32. The molecule has 0 saturated carbocycles. The Hall–Kier alpha value is -1.76. The predicted molar refractivity (Wildman–Crippen MR) is 61.3 cm³/mol. The molecule has 0 aliphatic rings. The second kappa shape index (κ2) is 4.25. The van der Waals surface area contributed by atoms with Gasteiger partial charge in [0, 0.05) is 11.1 Å². The number of benzene rings is 1. The first-order valence-corrected chi connectivity index (χ1v) is 5.48. The van der Waals surface area contributed by atoms with Crippen LogP contribution in [0.25, 0.3) is 0 Å². The lowest BCUT2D eigenvalue weighted by Crippen LogP contribution is -2.04. The molecule has 0 radical (unpaired) electrons. The normalized spacial score (nSPS) is 11.5. The van der Waals surface area contributed by atoms with Crippen LogP contribution in [0.1, 0.15) is 5.56 Å². The third kappa shape index (κ3) is 2.88. The number of alkyl halides is 3. The van der Waals surface area contributed by atoms with Gasteiger partial charge in [-0.15, -0.1) is 11.3 Å². The van der Waals surface area contributed by atoms with Gasteiger partial charge in [-0.2, -0.15) is 13.2 Å². The molecule has 1 aromatic heterocycles. The summed E-state index contributed by atoms with van der Waals surface area (Å²) >= 11 is 1.28. The lowest BCUT2D eigenvalue weighted by atomic mass is 10.2. The first kappa shape index (κ1) is 11.7. The first-order valence-electron chi connectivity index (χ1n) is 4.60. The number of nitrogens with zero attached hydrogens (tertiary/aromatic N) is 1. The number of rotatable bonds is 2. The van der Waals surface area contributed by atoms with Crippen molar-refractivity contribution < 1.29 is 13.2 Å². The second-order valence-electron chi connectivity index (χ2n) is 3.28. The Labute approximate surface area is 99.1 Å². The number of nitrogen functional groups attached to an aromatic ring is 1. The van der Waals surface area contributed by atoms with E-state index >= 15 is 0 Å². The molecule has 3 nitrogen and oxygen atoms in total. The molecule has 0 saturated heterocycles. The Bertz CT molecular complexity index is 504. The summed E-state index contributed by atoms with van der Waals surface area (Å²) in [5.41, 5.74) is 5.28. The van der Waals surface area contributed by atoms with Crippen LogP contribution in [0.2, 0.25) is 0 Å². The standard InChI is InChI=1S/C10H8F3N3S/c11-10(12,13)6-1-3-7(4-2-6)15-9-16-8(14)5-17-9/h1-5H,14H2,(H,15,16). The molecule has 3 N–H and O–H groups in total. The molecule has 2 aromatic rings. The highest BCUT2D eigenvalue weighted by atomic mass is 32.1. The molecule has 0 aliphatic heterocycles. The van der Waals surface area contributed by atoms with Crippen LogP contribution in [0.5, 0.6) is 0 Å². The maximum atomic E-state index is 12.3. The van der Waals surface area contributed by atoms with Gasteiger partial charge < -0.3 is 11.1 Å². The average molecular weight is 259 g/mol. The van der Waals surface area contributed by atoms with Crippen molar-refractivity contribution in [2.24, 2.45) is 0 Å². The largest absolute Gasteiger partial charge is 0.416 e. The maximum Gasteiger partial charge on any atom is 0.416 e. The van der Waals surface area contributed by atoms with Gasteiger partial charge in [-0.3, -0.25) is 0 Å². The number of hydrogen-bond donors (Lipinski definition) is 2. The van der Waals surface area contributed by atoms with Crippen LogP contribution in [-0.2, 0) is 6.18 Å². The maximum absolute atomic E-state index is 12.3. The number of anilines is 3. The van der Waals surface area contributed by atoms with E-state index in [9.17, 15) is 13.2 Å². The molecular weight excluding hydrogens is 251 g/mol. The van der Waals surface area contributed by atoms with Crippen molar-refractivity contribution in [2.45, 2.75) is 6.18 Å². The number of nitrogens with one attached hydrogen (secondary N) is 1. The monoisotopic (exact) mass is 259 g/mol. The van der Waals surface area contributed by atoms with Crippen molar-refractivity contribution in [3.63, 3.8) is 0 Å². The van der Waals surface area contributed by atoms with Gasteiger partial charge in [0.05, 0.1) is 5.56 Å². The summed E-state index contributed by atoms with van der Waals surface area (Å²) in [6, 6.07) is 4.72. The SMILES string of the molecule is Nc1csc(Nc2ccc(C(F)(F)F)cc2)n1. The van der Waals surface area contributed by atoms with E-state index in [-0.39, 0.29) is 0 Å². The quantitative estimate of drug-likeness (QED) is 0.868. The van der Waals surface area contributed by atoms with Gasteiger partial charge in [0.25, 0.3) is 0 Å². The zero-order valence-corrected chi connectivity index (χ0v) is 9.27. The smallest absolute Gasteiger partial charge is 0.383 e. The topological polar surface area (TPSA) is 50.9 Å². The molecule has 0 spiro atoms. The Morgan fingerprint density at radius 3 is 2.29 bits per heavy atom. The fourth-order valence-corrected chi connectivity index (χ4v) is 1.83. The number of halogens is 3. The van der Waals surface area contributed by atoms with Crippen LogP contribution in [0.3, 0.4) is 0 Å². The van der Waals surface area contributed by atoms with Gasteiger partial charge >= 0.3 is 6.18 Å². The summed E-state index contributed by atoms with van der Waals surface area (Å²) in [6.45, 7) is 0. The molecule has 7 heteroatoms. The summed E-state index contributed by atoms with van der Waals surface area (Å²) < 4.78 is 36.9. The van der Waals surface area contributed by atoms with Gasteiger partial charge in [-0.1, -0.05) is 0 Å². The third-order valence-electron chi connectivity index (χ3n) is 1.99. The van der Waals surface area contributed by atoms with Crippen molar-refractivity contribution in [3.8, 4) is 0 Å². The van der Waals surface area contributed by atoms with E-state index in [2.05, 4.69) is 10.3 Å². The fraction of sp³-hybridized carbons (Fsp3) is 0.100. The van der Waals surface area contributed by atoms with Crippen molar-refractivity contribution in [2.75, 3.05) is 11.1 Å². The fourth-order valence-electron chi connectivity index (χ4n) is 1.21. The van der Waals surface area contributed by atoms with Crippen LogP contribution in [0, 0.1) is 0 Å². The first-order chi connectivity index (χ1) is 7.95. The predicted octanol–water partition coefficient (Wildman–Crippen LogP) is 3.49. The Balaban J connectivity index is 2.13. The number of hydrogen-bond acceptors (Lipinski definition) is 4. The van der Waals surface area contributed by atoms with Crippen LogP contribution < -0.4 is 11.1 Å². The van der Waals surface area contributed by atoms with Crippen molar-refractivity contribution in [1.29, 1.82) is 0 Å². The zero-order valence-electron chi connectivity index (χ0n) is 8.45. The molecule has 0 aliphatic carbocycles. The van der Waals surface area contributed by atoms with E-state index in [4.69, 9.17) is 5.73 Å². The summed E-state index contributed by atoms with van der Waals surface area (Å²) in [5.74, 6) is 0.379. The minimum Gasteiger partial charge on any atom is -0.383 e. The Kier molecular flexibility index (Phi) is 2.93. The van der Waals surface area contributed by atoms with E-state index in [0.29, 0.717) is 16.6 Å². The van der Waals surface area contributed by atoms with Gasteiger partial charge in [-0.25, -0.2) is 4.98 Å². The van der Waals surface area contributed by atoms with E-state index in [0.717, 1.165) is 12.1 Å². The van der Waals surface area contributed by atoms with Crippen molar-refractivity contribution in [1.82, 2.24) is 4.98 Å². The number of nitrogens with two attached hydrogens (primary N) is 1. The van der Waals surface area contributed by atoms with Gasteiger partial charge in [-0.05, 0) is 24.3 Å². The van der Waals surface area contributed by atoms with E-state index in [1.807, 2.05) is 0 Å². The molecule has 1 heterocycles. The summed E-state index contributed by atoms with van der Waals surface area (Å²) in [7, 11) is 0. The van der Waals surface area contributed by atoms with Gasteiger partial charge in [0.2, 0.25) is 0 Å². The second-order valence-corrected chi connectivity index (χ2v) is 4.14. The summed E-state index contributed by atoms with van der Waals surface area (Å²) in [4.78, 5) is 3.94. The van der Waals surface area contributed by atoms with Crippen LogP contribution in [-0.4, -0.2) is 4.98 Å². The van der Waals surface area contributed by atoms with Crippen LogP contribution in [0.4, 0.5) is 29.8 Å². The lowest BCUT2D eigenvalue weighted by molar-refractivity contribution is -0.137. The molecule has 0 fully saturated rings. The lowest BCUT2D eigenvalue weighted by Gasteiger charge is -2.07. The minimum absolute atomic E-state index is 0.379. The highest BCUT2D eigenvalue weighted by Gasteiger charge is 2.29. The van der Waals surface area contributed by atoms with E-state index < -0.39 is 11.7 Å². The zero-order chi connectivity index (χ0) is 12.5. The summed E-state index contributed by atoms with van der Waals surface area (Å²) in [5, 5.41) is 5.05. The highest BCUT2D eigenvalue weighted by Crippen LogP contribution is 2.30. The molecule has 90 valence electrons. The van der Waals surface area contributed by atoms with E-state index in [1.165, 1.54) is 23.5 Å². The molecule has 0 atom stereocenters. The molecule has 0 unspecified atom stereocenters. The highest BCUT2D eigenvalue weighted by molar-refractivity contribution is 7.14. The van der Waals surface area contributed by atoms with Crippen molar-refractivity contribution in [3.05, 3.63) is 35.2 Å². The summed E-state index contributed by atoms with van der Waals surface area (Å²) in [6.07, 6.45) is -4.32. The number of aromatic nitrogens is 1. The third-order valence-corrected chi connectivity index (χ3v) is 2.76. The number of thiazole rings is 1. The average Bonchev–Trinajstić information content (AvgIpc) is 2.63. The molecule has 1 aromatic carbocycles. The Morgan fingerprint density at radius 2 is 1.82 bits per heavy atom. The van der Waals surface area contributed by atoms with Gasteiger partial charge in [0.15, 0.2) is 5.13 Å². The molecule has 17 heavy (non-hydrogen) atoms. The van der Waals surface area contributed by atoms with Crippen molar-refractivity contribution >= 4 is 28.0 Å². The van der Waals surface area contributed by atoms with E-state index in [1.54, 1.807) is 5.38 Å². The molecule has 0 amide bonds. The van der Waals surface area contributed by atoms with Crippen LogP contribution >= 0.6 is 11.3 Å². The Morgan fingerprint density at radius 1 is 1.18 bits per heavy atom. The molecule has 2 rings (SSSR count). The van der Waals surface area contributed by atoms with Crippen LogP contribution in [0.15, 0.2) is 29.6 Å². The molecule has 0 bridgehead atoms. The molecular formula is C10H8F3N3S.